The lowest BCUT2D eigenvalue weighted by molar-refractivity contribution is -0.143. The number of benzene rings is 1. The number of fused-ring (bicyclic) bond motifs is 1. The summed E-state index contributed by atoms with van der Waals surface area (Å²) in [5.74, 6) is -0.140. The Hall–Kier alpha value is -3.03. The van der Waals surface area contributed by atoms with Gasteiger partial charge in [0.2, 0.25) is 0 Å². The number of urea groups is 1. The number of ether oxygens (including phenoxy) is 3. The first-order valence-electron chi connectivity index (χ1n) is 7.40. The van der Waals surface area contributed by atoms with Gasteiger partial charge in [-0.05, 0) is 30.7 Å². The van der Waals surface area contributed by atoms with Crippen LogP contribution in [-0.2, 0) is 14.3 Å². The number of hydrogen-bond acceptors (Lipinski definition) is 6. The van der Waals surface area contributed by atoms with E-state index in [1.165, 1.54) is 12.2 Å². The average Bonchev–Trinajstić information content (AvgIpc) is 2.58. The Bertz CT molecular complexity index is 656. The number of imide groups is 1. The monoisotopic (exact) mass is 334 g/mol. The standard InChI is InChI=1S/C16H18N2O6/c1-2-17-16(21)18-14(19)10-24-15(20)6-4-11-3-5-12-13(9-11)23-8-7-22-12/h3-6,9H,2,7-8,10H2,1H3,(H2,17,18,19,21)/b6-4+. The van der Waals surface area contributed by atoms with Gasteiger partial charge in [-0.1, -0.05) is 6.07 Å². The van der Waals surface area contributed by atoms with Crippen LogP contribution in [0.15, 0.2) is 24.3 Å². The van der Waals surface area contributed by atoms with Crippen LogP contribution in [0.4, 0.5) is 4.79 Å². The summed E-state index contributed by atoms with van der Waals surface area (Å²) in [7, 11) is 0. The second-order valence-electron chi connectivity index (χ2n) is 4.75. The SMILES string of the molecule is CCNC(=O)NC(=O)COC(=O)/C=C/c1ccc2c(c1)OCCO2. The lowest BCUT2D eigenvalue weighted by Gasteiger charge is -2.18. The molecule has 0 radical (unpaired) electrons. The first-order valence-corrected chi connectivity index (χ1v) is 7.40. The summed E-state index contributed by atoms with van der Waals surface area (Å²) in [5, 5.41) is 4.41. The normalized spacial score (nSPS) is 12.5. The molecular formula is C16H18N2O6. The number of amides is 3. The van der Waals surface area contributed by atoms with Crippen LogP contribution < -0.4 is 20.1 Å². The van der Waals surface area contributed by atoms with E-state index in [0.717, 1.165) is 5.56 Å². The molecule has 8 heteroatoms. The molecular weight excluding hydrogens is 316 g/mol. The average molecular weight is 334 g/mol. The zero-order valence-corrected chi connectivity index (χ0v) is 13.2. The van der Waals surface area contributed by atoms with Crippen molar-refractivity contribution in [2.24, 2.45) is 0 Å². The van der Waals surface area contributed by atoms with Crippen molar-refractivity contribution in [3.05, 3.63) is 29.8 Å². The van der Waals surface area contributed by atoms with Crippen molar-refractivity contribution in [2.45, 2.75) is 6.92 Å². The molecule has 1 aromatic rings. The fraction of sp³-hybridized carbons (Fsp3) is 0.312. The van der Waals surface area contributed by atoms with Crippen LogP contribution in [0.2, 0.25) is 0 Å². The molecule has 1 heterocycles. The Labute approximate surface area is 138 Å². The molecule has 24 heavy (non-hydrogen) atoms. The molecule has 0 fully saturated rings. The molecule has 3 amide bonds. The van der Waals surface area contributed by atoms with E-state index in [-0.39, 0.29) is 0 Å². The van der Waals surface area contributed by atoms with Crippen molar-refractivity contribution >= 4 is 24.0 Å². The molecule has 0 saturated heterocycles. The number of carbonyl (C=O) groups is 3. The highest BCUT2D eigenvalue weighted by Crippen LogP contribution is 2.31. The van der Waals surface area contributed by atoms with E-state index in [9.17, 15) is 14.4 Å². The second kappa shape index (κ2) is 8.56. The van der Waals surface area contributed by atoms with Gasteiger partial charge in [0.05, 0.1) is 0 Å². The molecule has 0 bridgehead atoms. The molecule has 2 rings (SSSR count). The maximum absolute atomic E-state index is 11.6. The Balaban J connectivity index is 1.80. The highest BCUT2D eigenvalue weighted by Gasteiger charge is 2.11. The molecule has 0 spiro atoms. The van der Waals surface area contributed by atoms with E-state index < -0.39 is 24.5 Å². The fourth-order valence-corrected chi connectivity index (χ4v) is 1.88. The van der Waals surface area contributed by atoms with E-state index in [4.69, 9.17) is 14.2 Å². The first-order chi connectivity index (χ1) is 11.6. The number of carbonyl (C=O) groups excluding carboxylic acids is 3. The van der Waals surface area contributed by atoms with Gasteiger partial charge in [-0.25, -0.2) is 9.59 Å². The zero-order valence-electron chi connectivity index (χ0n) is 13.2. The summed E-state index contributed by atoms with van der Waals surface area (Å²) >= 11 is 0. The Kier molecular flexibility index (Phi) is 6.18. The summed E-state index contributed by atoms with van der Waals surface area (Å²) in [6.45, 7) is 2.54. The predicted molar refractivity (Wildman–Crippen MR) is 84.6 cm³/mol. The number of esters is 1. The van der Waals surface area contributed by atoms with Gasteiger partial charge in [-0.3, -0.25) is 10.1 Å². The predicted octanol–water partition coefficient (Wildman–Crippen LogP) is 0.860. The maximum Gasteiger partial charge on any atom is 0.331 e. The topological polar surface area (TPSA) is 103 Å². The van der Waals surface area contributed by atoms with Gasteiger partial charge >= 0.3 is 12.0 Å². The van der Waals surface area contributed by atoms with Crippen LogP contribution in [0, 0.1) is 0 Å². The fourth-order valence-electron chi connectivity index (χ4n) is 1.88. The maximum atomic E-state index is 11.6. The third-order valence-electron chi connectivity index (χ3n) is 2.91. The van der Waals surface area contributed by atoms with Crippen LogP contribution >= 0.6 is 0 Å². The highest BCUT2D eigenvalue weighted by molar-refractivity contribution is 5.96. The molecule has 2 N–H and O–H groups in total. The van der Waals surface area contributed by atoms with Crippen molar-refractivity contribution in [1.82, 2.24) is 10.6 Å². The summed E-state index contributed by atoms with van der Waals surface area (Å²) in [6, 6.07) is 4.61. The van der Waals surface area contributed by atoms with E-state index >= 15 is 0 Å². The quantitative estimate of drug-likeness (QED) is 0.611. The van der Waals surface area contributed by atoms with Crippen molar-refractivity contribution < 1.29 is 28.6 Å². The second-order valence-corrected chi connectivity index (χ2v) is 4.75. The van der Waals surface area contributed by atoms with Gasteiger partial charge in [0.1, 0.15) is 13.2 Å². The van der Waals surface area contributed by atoms with Gasteiger partial charge in [0, 0.05) is 12.6 Å². The highest BCUT2D eigenvalue weighted by atomic mass is 16.6. The summed E-state index contributed by atoms with van der Waals surface area (Å²) in [4.78, 5) is 34.0. The third kappa shape index (κ3) is 5.31. The largest absolute Gasteiger partial charge is 0.486 e. The molecule has 0 aliphatic carbocycles. The lowest BCUT2D eigenvalue weighted by atomic mass is 10.2. The minimum absolute atomic E-state index is 0.386. The molecule has 8 nitrogen and oxygen atoms in total. The van der Waals surface area contributed by atoms with Gasteiger partial charge in [-0.15, -0.1) is 0 Å². The van der Waals surface area contributed by atoms with Crippen molar-refractivity contribution in [3.8, 4) is 11.5 Å². The Morgan fingerprint density at radius 3 is 2.71 bits per heavy atom. The van der Waals surface area contributed by atoms with E-state index in [0.29, 0.717) is 31.3 Å². The smallest absolute Gasteiger partial charge is 0.331 e. The van der Waals surface area contributed by atoms with Crippen LogP contribution in [-0.4, -0.2) is 44.3 Å². The molecule has 0 unspecified atom stereocenters. The van der Waals surface area contributed by atoms with Crippen LogP contribution in [0.25, 0.3) is 6.08 Å². The molecule has 1 aliphatic rings. The van der Waals surface area contributed by atoms with Crippen molar-refractivity contribution in [1.29, 1.82) is 0 Å². The van der Waals surface area contributed by atoms with E-state index in [1.54, 1.807) is 25.1 Å². The van der Waals surface area contributed by atoms with E-state index in [2.05, 4.69) is 5.32 Å². The van der Waals surface area contributed by atoms with Crippen LogP contribution in [0.5, 0.6) is 11.5 Å². The van der Waals surface area contributed by atoms with Crippen LogP contribution in [0.3, 0.4) is 0 Å². The lowest BCUT2D eigenvalue weighted by Crippen LogP contribution is -2.41. The molecule has 0 saturated carbocycles. The summed E-state index contributed by atoms with van der Waals surface area (Å²) in [6.07, 6.45) is 2.72. The number of nitrogens with one attached hydrogen (secondary N) is 2. The van der Waals surface area contributed by atoms with Gasteiger partial charge in [0.25, 0.3) is 5.91 Å². The van der Waals surface area contributed by atoms with Crippen molar-refractivity contribution in [3.63, 3.8) is 0 Å². The summed E-state index contributed by atoms with van der Waals surface area (Å²) < 4.78 is 15.6. The minimum Gasteiger partial charge on any atom is -0.486 e. The Morgan fingerprint density at radius 1 is 1.21 bits per heavy atom. The third-order valence-corrected chi connectivity index (χ3v) is 2.91. The minimum atomic E-state index is -0.706. The zero-order chi connectivity index (χ0) is 17.4. The molecule has 0 atom stereocenters. The number of rotatable bonds is 5. The van der Waals surface area contributed by atoms with Crippen LogP contribution in [0.1, 0.15) is 12.5 Å². The van der Waals surface area contributed by atoms with E-state index in [1.807, 2.05) is 5.32 Å². The molecule has 0 aromatic heterocycles. The summed E-state index contributed by atoms with van der Waals surface area (Å²) in [5.41, 5.74) is 0.725. The molecule has 1 aromatic carbocycles. The van der Waals surface area contributed by atoms with Gasteiger partial charge in [0.15, 0.2) is 18.1 Å². The Morgan fingerprint density at radius 2 is 1.96 bits per heavy atom. The number of hydrogen-bond donors (Lipinski definition) is 2. The van der Waals surface area contributed by atoms with Crippen molar-refractivity contribution in [2.75, 3.05) is 26.4 Å². The van der Waals surface area contributed by atoms with Gasteiger partial charge < -0.3 is 19.5 Å². The van der Waals surface area contributed by atoms with Gasteiger partial charge in [-0.2, -0.15) is 0 Å². The molecule has 1 aliphatic heterocycles. The first kappa shape index (κ1) is 17.3. The molecule has 128 valence electrons.